The zero-order valence-electron chi connectivity index (χ0n) is 29.3. The second-order valence-electron chi connectivity index (χ2n) is 14.1. The number of pyridine rings is 1. The minimum atomic E-state index is 0. The van der Waals surface area contributed by atoms with E-state index >= 15 is 0 Å². The third-order valence-corrected chi connectivity index (χ3v) is 8.81. The summed E-state index contributed by atoms with van der Waals surface area (Å²) in [6.07, 6.45) is 4.90. The Balaban J connectivity index is 0.00000417. The summed E-state index contributed by atoms with van der Waals surface area (Å²) in [5, 5.41) is 7.31. The van der Waals surface area contributed by atoms with Crippen LogP contribution in [-0.2, 0) is 33.9 Å². The summed E-state index contributed by atoms with van der Waals surface area (Å²) in [4.78, 5) is 4.77. The van der Waals surface area contributed by atoms with E-state index in [1.807, 2.05) is 29.1 Å². The van der Waals surface area contributed by atoms with Gasteiger partial charge in [-0.2, -0.15) is 16.7 Å². The molecule has 0 aliphatic carbocycles. The fourth-order valence-corrected chi connectivity index (χ4v) is 6.84. The molecule has 0 aliphatic heterocycles. The van der Waals surface area contributed by atoms with E-state index in [1.165, 1.54) is 16.5 Å². The van der Waals surface area contributed by atoms with Crippen LogP contribution in [0.4, 0.5) is 0 Å². The number of aryl methyl sites for hydroxylation is 3. The van der Waals surface area contributed by atoms with E-state index in [4.69, 9.17) is 14.8 Å². The maximum Gasteiger partial charge on any atom is 2.00 e. The van der Waals surface area contributed by atoms with Crippen LogP contribution in [0.2, 0.25) is 0 Å². The average molecular weight is 826 g/mol. The first kappa shape index (κ1) is 34.4. The molecule has 49 heavy (non-hydrogen) atoms. The number of hydrogen-bond donors (Lipinski definition) is 0. The standard InChI is InChI=1S/C43H42N4O.Pt/c1-8-12-31-15-18-39-38(24-31)37-17-16-35(26-40(37)46(39)41-21-28(2)19-20-44-41)48-36-23-32(27-43(5,6)7)22-34(25-36)47-30(4)42(29(3)45-47)33-13-10-9-11-14-33;/h9-11,13-24H,8,12,27H2,1-7H3;/q-2;+2. The van der Waals surface area contributed by atoms with Crippen molar-refractivity contribution in [2.24, 2.45) is 5.41 Å². The number of aromatic nitrogens is 4. The molecule has 0 amide bonds. The maximum atomic E-state index is 6.65. The Hall–Kier alpha value is -4.47. The number of fused-ring (bicyclic) bond motifs is 3. The van der Waals surface area contributed by atoms with E-state index in [0.29, 0.717) is 11.5 Å². The molecule has 3 heterocycles. The summed E-state index contributed by atoms with van der Waals surface area (Å²) in [5.41, 5.74) is 11.0. The van der Waals surface area contributed by atoms with E-state index in [-0.39, 0.29) is 26.5 Å². The fourth-order valence-electron chi connectivity index (χ4n) is 6.84. The van der Waals surface area contributed by atoms with Gasteiger partial charge >= 0.3 is 21.1 Å². The molecule has 7 rings (SSSR count). The van der Waals surface area contributed by atoms with Crippen LogP contribution >= 0.6 is 0 Å². The van der Waals surface area contributed by atoms with Crippen LogP contribution in [0, 0.1) is 38.3 Å². The maximum absolute atomic E-state index is 6.65. The van der Waals surface area contributed by atoms with Crippen molar-refractivity contribution in [3.63, 3.8) is 0 Å². The van der Waals surface area contributed by atoms with E-state index in [9.17, 15) is 0 Å². The molecule has 0 N–H and O–H groups in total. The molecule has 250 valence electrons. The Labute approximate surface area is 304 Å². The van der Waals surface area contributed by atoms with Gasteiger partial charge in [0.15, 0.2) is 0 Å². The van der Waals surface area contributed by atoms with Crippen LogP contribution in [0.3, 0.4) is 0 Å². The monoisotopic (exact) mass is 825 g/mol. The molecule has 6 heteroatoms. The van der Waals surface area contributed by atoms with Crippen LogP contribution in [0.25, 0.3) is 44.4 Å². The van der Waals surface area contributed by atoms with E-state index in [2.05, 4.69) is 132 Å². The zero-order valence-corrected chi connectivity index (χ0v) is 31.6. The van der Waals surface area contributed by atoms with Crippen molar-refractivity contribution in [2.75, 3.05) is 0 Å². The van der Waals surface area contributed by atoms with Gasteiger partial charge < -0.3 is 9.30 Å². The van der Waals surface area contributed by atoms with Crippen LogP contribution in [0.15, 0.2) is 91.1 Å². The number of ether oxygens (including phenoxy) is 1. The van der Waals surface area contributed by atoms with Gasteiger partial charge in [-0.3, -0.25) is 4.68 Å². The predicted molar refractivity (Wildman–Crippen MR) is 197 cm³/mol. The average Bonchev–Trinajstić information content (AvgIpc) is 3.53. The quantitative estimate of drug-likeness (QED) is 0.143. The van der Waals surface area contributed by atoms with E-state index in [0.717, 1.165) is 75.3 Å². The molecule has 0 radical (unpaired) electrons. The van der Waals surface area contributed by atoms with E-state index in [1.54, 1.807) is 0 Å². The van der Waals surface area contributed by atoms with Crippen LogP contribution < -0.4 is 4.74 Å². The summed E-state index contributed by atoms with van der Waals surface area (Å²) in [7, 11) is 0. The van der Waals surface area contributed by atoms with Gasteiger partial charge in [0.05, 0.1) is 5.69 Å². The predicted octanol–water partition coefficient (Wildman–Crippen LogP) is 10.9. The van der Waals surface area contributed by atoms with Crippen molar-refractivity contribution in [2.45, 2.75) is 67.7 Å². The SMILES string of the molecule is CCCc1ccc2c(c1)c1ccc(Oc3[c-]c(-n4nc(C)c(-c5ccccc5)c4C)cc(CC(C)(C)C)c3)[c-]c1n2-c1cc(C)ccn1.[Pt+2]. The summed E-state index contributed by atoms with van der Waals surface area (Å²) >= 11 is 0. The van der Waals surface area contributed by atoms with Gasteiger partial charge in [-0.1, -0.05) is 82.1 Å². The van der Waals surface area contributed by atoms with Crippen molar-refractivity contribution < 1.29 is 25.8 Å². The van der Waals surface area contributed by atoms with Gasteiger partial charge in [0, 0.05) is 34.5 Å². The molecule has 0 spiro atoms. The van der Waals surface area contributed by atoms with Crippen molar-refractivity contribution in [1.29, 1.82) is 0 Å². The first-order valence-electron chi connectivity index (χ1n) is 16.9. The number of nitrogens with zero attached hydrogens (tertiary/aromatic N) is 4. The molecule has 3 aromatic heterocycles. The molecule has 0 bridgehead atoms. The molecule has 0 saturated heterocycles. The first-order valence-corrected chi connectivity index (χ1v) is 16.9. The molecule has 7 aromatic rings. The molecule has 0 fully saturated rings. The minimum absolute atomic E-state index is 0. The van der Waals surface area contributed by atoms with E-state index < -0.39 is 0 Å². The molecule has 0 saturated carbocycles. The molecule has 4 aromatic carbocycles. The summed E-state index contributed by atoms with van der Waals surface area (Å²) in [5.74, 6) is 2.13. The number of hydrogen-bond acceptors (Lipinski definition) is 3. The fraction of sp³-hybridized carbons (Fsp3) is 0.256. The van der Waals surface area contributed by atoms with Gasteiger partial charge in [0.1, 0.15) is 5.82 Å². The molecule has 0 atom stereocenters. The minimum Gasteiger partial charge on any atom is -0.509 e. The molecule has 0 unspecified atom stereocenters. The van der Waals surface area contributed by atoms with Gasteiger partial charge in [-0.05, 0) is 85.0 Å². The molecular formula is C43H42N4OPt. The van der Waals surface area contributed by atoms with Crippen LogP contribution in [-0.4, -0.2) is 19.3 Å². The molecule has 5 nitrogen and oxygen atoms in total. The van der Waals surface area contributed by atoms with Gasteiger partial charge in [0.25, 0.3) is 0 Å². The molecular weight excluding hydrogens is 784 g/mol. The summed E-state index contributed by atoms with van der Waals surface area (Å²) in [6, 6.07) is 37.0. The Morgan fingerprint density at radius 3 is 2.33 bits per heavy atom. The largest absolute Gasteiger partial charge is 2.00 e. The van der Waals surface area contributed by atoms with Gasteiger partial charge in [-0.15, -0.1) is 35.7 Å². The van der Waals surface area contributed by atoms with Crippen molar-refractivity contribution in [1.82, 2.24) is 19.3 Å². The second kappa shape index (κ2) is 13.8. The summed E-state index contributed by atoms with van der Waals surface area (Å²) < 4.78 is 10.9. The van der Waals surface area contributed by atoms with Crippen molar-refractivity contribution in [3.8, 4) is 34.1 Å². The summed E-state index contributed by atoms with van der Waals surface area (Å²) in [6.45, 7) is 15.3. The topological polar surface area (TPSA) is 44.9 Å². The number of benzene rings is 4. The first-order chi connectivity index (χ1) is 23.1. The Morgan fingerprint density at radius 2 is 1.59 bits per heavy atom. The molecule has 0 aliphatic rings. The Kier molecular flexibility index (Phi) is 9.69. The van der Waals surface area contributed by atoms with Gasteiger partial charge in [-0.25, -0.2) is 4.98 Å². The smallest absolute Gasteiger partial charge is 0.509 e. The third-order valence-electron chi connectivity index (χ3n) is 8.81. The van der Waals surface area contributed by atoms with Crippen LogP contribution in [0.5, 0.6) is 11.5 Å². The van der Waals surface area contributed by atoms with Crippen molar-refractivity contribution >= 4 is 21.8 Å². The Morgan fingerprint density at radius 1 is 0.796 bits per heavy atom. The third kappa shape index (κ3) is 7.00. The van der Waals surface area contributed by atoms with Crippen LogP contribution in [0.1, 0.15) is 62.2 Å². The normalized spacial score (nSPS) is 11.7. The second-order valence-corrected chi connectivity index (χ2v) is 14.1. The zero-order chi connectivity index (χ0) is 33.6. The van der Waals surface area contributed by atoms with Crippen molar-refractivity contribution in [3.05, 3.63) is 131 Å². The van der Waals surface area contributed by atoms with Gasteiger partial charge in [0.2, 0.25) is 0 Å². The Bertz CT molecular complexity index is 2270. The number of rotatable bonds is 8.